The summed E-state index contributed by atoms with van der Waals surface area (Å²) in [5.74, 6) is -0.122. The molecule has 0 unspecified atom stereocenters. The van der Waals surface area contributed by atoms with Crippen LogP contribution in [0, 0.1) is 0 Å². The number of rotatable bonds is 5. The number of fused-ring (bicyclic) bond motifs is 2. The molecule has 0 bridgehead atoms. The Hall–Kier alpha value is -2.89. The Bertz CT molecular complexity index is 1600. The van der Waals surface area contributed by atoms with Gasteiger partial charge in [0.15, 0.2) is 5.01 Å². The molecule has 6 rings (SSSR count). The van der Waals surface area contributed by atoms with Crippen LogP contribution in [0.15, 0.2) is 65.8 Å². The van der Waals surface area contributed by atoms with Crippen molar-refractivity contribution in [3.63, 3.8) is 0 Å². The lowest BCUT2D eigenvalue weighted by atomic mass is 10.1. The van der Waals surface area contributed by atoms with E-state index < -0.39 is 10.0 Å². The van der Waals surface area contributed by atoms with Crippen molar-refractivity contribution in [2.75, 3.05) is 32.7 Å². The predicted octanol–water partition coefficient (Wildman–Crippen LogP) is 4.05. The lowest BCUT2D eigenvalue weighted by Gasteiger charge is -2.33. The molecule has 1 saturated heterocycles. The Morgan fingerprint density at radius 2 is 1.79 bits per heavy atom. The van der Waals surface area contributed by atoms with E-state index in [0.29, 0.717) is 23.1 Å². The summed E-state index contributed by atoms with van der Waals surface area (Å²) in [6.45, 7) is 3.62. The van der Waals surface area contributed by atoms with E-state index in [1.807, 2.05) is 24.4 Å². The zero-order chi connectivity index (χ0) is 26.3. The fourth-order valence-electron chi connectivity index (χ4n) is 5.00. The van der Waals surface area contributed by atoms with Crippen LogP contribution in [0.3, 0.4) is 0 Å². The average Bonchev–Trinajstić information content (AvgIpc) is 3.36. The molecule has 0 radical (unpaired) electrons. The van der Waals surface area contributed by atoms with Gasteiger partial charge in [-0.2, -0.15) is 4.31 Å². The van der Waals surface area contributed by atoms with E-state index in [1.54, 1.807) is 35.4 Å². The molecule has 38 heavy (non-hydrogen) atoms. The topological polar surface area (TPSA) is 86.7 Å². The maximum atomic E-state index is 13.3. The van der Waals surface area contributed by atoms with E-state index in [0.717, 1.165) is 53.0 Å². The number of hydrogen-bond acceptors (Lipinski definition) is 7. The predicted molar refractivity (Wildman–Crippen MR) is 148 cm³/mol. The molecule has 1 fully saturated rings. The molecular formula is C27H26ClN5O3S2. The van der Waals surface area contributed by atoms with E-state index in [-0.39, 0.29) is 23.9 Å². The van der Waals surface area contributed by atoms with Crippen molar-refractivity contribution in [3.05, 3.63) is 87.1 Å². The van der Waals surface area contributed by atoms with Gasteiger partial charge in [-0.15, -0.1) is 11.3 Å². The highest BCUT2D eigenvalue weighted by atomic mass is 35.5. The van der Waals surface area contributed by atoms with E-state index >= 15 is 0 Å². The number of carbonyl (C=O) groups is 1. The number of amides is 1. The van der Waals surface area contributed by atoms with Gasteiger partial charge < -0.3 is 4.90 Å². The first-order valence-electron chi connectivity index (χ1n) is 12.5. The first kappa shape index (κ1) is 25.4. The highest BCUT2D eigenvalue weighted by Crippen LogP contribution is 2.28. The van der Waals surface area contributed by atoms with Crippen molar-refractivity contribution in [3.8, 4) is 0 Å². The van der Waals surface area contributed by atoms with Crippen molar-refractivity contribution < 1.29 is 13.2 Å². The van der Waals surface area contributed by atoms with Gasteiger partial charge in [0.1, 0.15) is 0 Å². The molecule has 8 nitrogen and oxygen atoms in total. The smallest absolute Gasteiger partial charge is 0.282 e. The summed E-state index contributed by atoms with van der Waals surface area (Å²) in [6, 6.07) is 14.5. The molecule has 2 aromatic heterocycles. The first-order chi connectivity index (χ1) is 18.4. The number of sulfonamides is 1. The lowest BCUT2D eigenvalue weighted by molar-refractivity contribution is 0.0697. The van der Waals surface area contributed by atoms with Gasteiger partial charge in [-0.05, 0) is 46.7 Å². The van der Waals surface area contributed by atoms with Gasteiger partial charge in [-0.3, -0.25) is 14.7 Å². The molecule has 0 aliphatic carbocycles. The first-order valence-corrected chi connectivity index (χ1v) is 15.1. The lowest BCUT2D eigenvalue weighted by Crippen LogP contribution is -2.50. The highest BCUT2D eigenvalue weighted by molar-refractivity contribution is 7.89. The number of pyridine rings is 1. The van der Waals surface area contributed by atoms with Crippen molar-refractivity contribution in [2.45, 2.75) is 24.4 Å². The quantitative estimate of drug-likeness (QED) is 0.362. The van der Waals surface area contributed by atoms with Crippen LogP contribution in [0.25, 0.3) is 10.8 Å². The monoisotopic (exact) mass is 567 g/mol. The van der Waals surface area contributed by atoms with Gasteiger partial charge in [0.05, 0.1) is 10.6 Å². The molecule has 4 heterocycles. The number of carbonyl (C=O) groups excluding carboxylic acids is 1. The standard InChI is InChI=1S/C27H26ClN5O3S2/c28-22-5-3-21-15-23(6-4-20(21)14-22)38(35,36)33-12-10-32(11-13-33)27(34)26-30-24-7-9-31(18-25(24)37-26)17-19-2-1-8-29-16-19/h1-6,8,14-16H,7,9-13,17-18H2. The summed E-state index contributed by atoms with van der Waals surface area (Å²) in [5, 5.41) is 2.80. The largest absolute Gasteiger partial charge is 0.334 e. The molecule has 11 heteroatoms. The number of aromatic nitrogens is 2. The molecule has 4 aromatic rings. The summed E-state index contributed by atoms with van der Waals surface area (Å²) < 4.78 is 28.1. The number of nitrogens with zero attached hydrogens (tertiary/aromatic N) is 5. The van der Waals surface area contributed by atoms with E-state index in [1.165, 1.54) is 15.6 Å². The van der Waals surface area contributed by atoms with Crippen LogP contribution in [-0.4, -0.2) is 71.1 Å². The van der Waals surface area contributed by atoms with E-state index in [2.05, 4.69) is 20.9 Å². The molecule has 196 valence electrons. The van der Waals surface area contributed by atoms with Crippen molar-refractivity contribution in [1.82, 2.24) is 24.1 Å². The third-order valence-electron chi connectivity index (χ3n) is 7.06. The number of benzene rings is 2. The maximum Gasteiger partial charge on any atom is 0.282 e. The number of halogens is 1. The minimum Gasteiger partial charge on any atom is -0.334 e. The van der Waals surface area contributed by atoms with E-state index in [4.69, 9.17) is 11.6 Å². The second kappa shape index (κ2) is 10.3. The third-order valence-corrected chi connectivity index (χ3v) is 10.3. The van der Waals surface area contributed by atoms with Crippen LogP contribution in [0.2, 0.25) is 5.02 Å². The Kier molecular flexibility index (Phi) is 6.92. The summed E-state index contributed by atoms with van der Waals surface area (Å²) in [4.78, 5) is 27.6. The molecule has 0 N–H and O–H groups in total. The Labute approximate surface area is 230 Å². The highest BCUT2D eigenvalue weighted by Gasteiger charge is 2.32. The van der Waals surface area contributed by atoms with Crippen molar-refractivity contribution in [2.24, 2.45) is 0 Å². The van der Waals surface area contributed by atoms with Crippen molar-refractivity contribution >= 4 is 49.6 Å². The maximum absolute atomic E-state index is 13.3. The van der Waals surface area contributed by atoms with Crippen LogP contribution < -0.4 is 0 Å². The van der Waals surface area contributed by atoms with Gasteiger partial charge in [0.2, 0.25) is 10.0 Å². The SMILES string of the molecule is O=C(c1nc2c(s1)CN(Cc1cccnc1)CC2)N1CCN(S(=O)(=O)c2ccc3cc(Cl)ccc3c2)CC1. The van der Waals surface area contributed by atoms with Gasteiger partial charge in [0.25, 0.3) is 5.91 Å². The van der Waals surface area contributed by atoms with Gasteiger partial charge >= 0.3 is 0 Å². The van der Waals surface area contributed by atoms with Crippen LogP contribution in [0.4, 0.5) is 0 Å². The zero-order valence-corrected chi connectivity index (χ0v) is 23.0. The minimum absolute atomic E-state index is 0.122. The molecule has 2 aromatic carbocycles. The Morgan fingerprint density at radius 3 is 2.58 bits per heavy atom. The molecule has 2 aliphatic heterocycles. The zero-order valence-electron chi connectivity index (χ0n) is 20.6. The summed E-state index contributed by atoms with van der Waals surface area (Å²) >= 11 is 7.51. The molecule has 0 atom stereocenters. The van der Waals surface area contributed by atoms with E-state index in [9.17, 15) is 13.2 Å². The second-order valence-corrected chi connectivity index (χ2v) is 13.0. The van der Waals surface area contributed by atoms with Crippen LogP contribution in [0.5, 0.6) is 0 Å². The fourth-order valence-corrected chi connectivity index (χ4v) is 7.75. The molecule has 0 spiro atoms. The molecule has 1 amide bonds. The van der Waals surface area contributed by atoms with Gasteiger partial charge in [-0.25, -0.2) is 13.4 Å². The Morgan fingerprint density at radius 1 is 1.00 bits per heavy atom. The molecular weight excluding hydrogens is 542 g/mol. The van der Waals surface area contributed by atoms with Crippen LogP contribution in [0.1, 0.15) is 25.9 Å². The fraction of sp³-hybridized carbons (Fsp3) is 0.296. The van der Waals surface area contributed by atoms with Crippen molar-refractivity contribution in [1.29, 1.82) is 0 Å². The summed E-state index contributed by atoms with van der Waals surface area (Å²) in [6.07, 6.45) is 4.46. The average molecular weight is 568 g/mol. The second-order valence-electron chi connectivity index (χ2n) is 9.56. The minimum atomic E-state index is -3.67. The number of hydrogen-bond donors (Lipinski definition) is 0. The normalized spacial score (nSPS) is 17.0. The van der Waals surface area contributed by atoms with Gasteiger partial charge in [-0.1, -0.05) is 29.8 Å². The molecule has 2 aliphatic rings. The van der Waals surface area contributed by atoms with Crippen LogP contribution >= 0.6 is 22.9 Å². The third kappa shape index (κ3) is 5.06. The van der Waals surface area contributed by atoms with Crippen LogP contribution in [-0.2, 0) is 29.5 Å². The number of thiazole rings is 1. The van der Waals surface area contributed by atoms with Gasteiger partial charge in [0, 0.05) is 74.5 Å². The Balaban J connectivity index is 1.10. The summed E-state index contributed by atoms with van der Waals surface area (Å²) in [7, 11) is -3.67. The molecule has 0 saturated carbocycles. The summed E-state index contributed by atoms with van der Waals surface area (Å²) in [5.41, 5.74) is 2.16. The number of piperazine rings is 1.